The molecule has 0 bridgehead atoms. The number of hydrogen-bond donors (Lipinski definition) is 0. The van der Waals surface area contributed by atoms with Gasteiger partial charge < -0.3 is 0 Å². The molecule has 1 aliphatic heterocycles. The van der Waals surface area contributed by atoms with E-state index in [0.29, 0.717) is 5.92 Å². The average molecular weight is 139 g/mol. The van der Waals surface area contributed by atoms with Crippen molar-refractivity contribution in [2.45, 2.75) is 20.3 Å². The van der Waals surface area contributed by atoms with Gasteiger partial charge in [-0.1, -0.05) is 13.8 Å². The van der Waals surface area contributed by atoms with E-state index in [9.17, 15) is 4.79 Å². The van der Waals surface area contributed by atoms with Gasteiger partial charge >= 0.3 is 0 Å². The van der Waals surface area contributed by atoms with Crippen LogP contribution in [-0.4, -0.2) is 18.3 Å². The Morgan fingerprint density at radius 2 is 2.30 bits per heavy atom. The van der Waals surface area contributed by atoms with E-state index in [1.165, 1.54) is 0 Å². The van der Waals surface area contributed by atoms with Crippen LogP contribution in [-0.2, 0) is 4.79 Å². The van der Waals surface area contributed by atoms with Gasteiger partial charge in [0, 0.05) is 6.42 Å². The number of carbonyl (C=O) groups is 1. The molecule has 0 atom stereocenters. The van der Waals surface area contributed by atoms with Crippen LogP contribution in [0.5, 0.6) is 0 Å². The third-order valence-electron chi connectivity index (χ3n) is 1.24. The Bertz CT molecular complexity index is 172. The van der Waals surface area contributed by atoms with Crippen LogP contribution in [0.3, 0.4) is 0 Å². The minimum absolute atomic E-state index is 0.101. The van der Waals surface area contributed by atoms with Crippen LogP contribution in [0.1, 0.15) is 20.3 Å². The first kappa shape index (κ1) is 7.25. The summed E-state index contributed by atoms with van der Waals surface area (Å²) in [5.74, 6) is 1.16. The zero-order valence-corrected chi connectivity index (χ0v) is 6.29. The van der Waals surface area contributed by atoms with Crippen LogP contribution in [0.4, 0.5) is 0 Å². The minimum Gasteiger partial charge on any atom is -0.270 e. The van der Waals surface area contributed by atoms with E-state index in [-0.39, 0.29) is 12.5 Å². The van der Waals surface area contributed by atoms with Crippen LogP contribution in [0.2, 0.25) is 0 Å². The summed E-state index contributed by atoms with van der Waals surface area (Å²) in [7, 11) is 0. The van der Waals surface area contributed by atoms with E-state index >= 15 is 0 Å². The van der Waals surface area contributed by atoms with Gasteiger partial charge in [0.1, 0.15) is 12.4 Å². The van der Waals surface area contributed by atoms with Crippen molar-refractivity contribution >= 4 is 11.7 Å². The molecule has 0 fully saturated rings. The molecule has 3 nitrogen and oxygen atoms in total. The summed E-state index contributed by atoms with van der Waals surface area (Å²) < 4.78 is 0. The van der Waals surface area contributed by atoms with Crippen LogP contribution < -0.4 is 5.32 Å². The molecule has 0 aromatic rings. The smallest absolute Gasteiger partial charge is 0.269 e. The summed E-state index contributed by atoms with van der Waals surface area (Å²) in [6, 6.07) is 0. The number of rotatable bonds is 2. The first-order valence-corrected chi connectivity index (χ1v) is 3.46. The largest absolute Gasteiger partial charge is 0.270 e. The summed E-state index contributed by atoms with van der Waals surface area (Å²) in [5, 5.41) is 3.96. The first-order chi connectivity index (χ1) is 4.68. The average Bonchev–Trinajstić information content (AvgIpc) is 2.13. The van der Waals surface area contributed by atoms with Crippen LogP contribution in [0.25, 0.3) is 0 Å². The molecular formula is C7H11N2O. The molecule has 0 unspecified atom stereocenters. The molecule has 3 heteroatoms. The quantitative estimate of drug-likeness (QED) is 0.551. The number of aliphatic imine (C=N–C) groups is 1. The molecule has 1 heterocycles. The Morgan fingerprint density at radius 3 is 2.70 bits per heavy atom. The number of nitrogens with zero attached hydrogens (tertiary/aromatic N) is 2. The van der Waals surface area contributed by atoms with Gasteiger partial charge in [0.25, 0.3) is 5.91 Å². The topological polar surface area (TPSA) is 43.5 Å². The molecule has 0 saturated carbocycles. The van der Waals surface area contributed by atoms with E-state index in [1.807, 2.05) is 0 Å². The number of amidine groups is 1. The zero-order chi connectivity index (χ0) is 7.56. The fraction of sp³-hybridized carbons (Fsp3) is 0.714. The van der Waals surface area contributed by atoms with Gasteiger partial charge in [-0.3, -0.25) is 10.1 Å². The van der Waals surface area contributed by atoms with Crippen molar-refractivity contribution in [1.29, 1.82) is 0 Å². The Hall–Kier alpha value is -0.860. The van der Waals surface area contributed by atoms with Crippen LogP contribution in [0.15, 0.2) is 4.99 Å². The molecule has 0 aliphatic carbocycles. The molecule has 1 aliphatic rings. The monoisotopic (exact) mass is 139 g/mol. The second kappa shape index (κ2) is 2.82. The van der Waals surface area contributed by atoms with E-state index in [2.05, 4.69) is 24.2 Å². The summed E-state index contributed by atoms with van der Waals surface area (Å²) in [4.78, 5) is 14.3. The van der Waals surface area contributed by atoms with Gasteiger partial charge in [-0.05, 0) is 5.92 Å². The lowest BCUT2D eigenvalue weighted by molar-refractivity contribution is -0.116. The first-order valence-electron chi connectivity index (χ1n) is 3.46. The zero-order valence-electron chi connectivity index (χ0n) is 6.29. The third-order valence-corrected chi connectivity index (χ3v) is 1.24. The maximum absolute atomic E-state index is 10.6. The highest BCUT2D eigenvalue weighted by atomic mass is 16.1. The van der Waals surface area contributed by atoms with Crippen molar-refractivity contribution in [3.8, 4) is 0 Å². The Kier molecular flexibility index (Phi) is 2.04. The molecule has 10 heavy (non-hydrogen) atoms. The Labute approximate surface area is 60.5 Å². The predicted octanol–water partition coefficient (Wildman–Crippen LogP) is 0.576. The molecule has 55 valence electrons. The molecule has 0 spiro atoms. The lowest BCUT2D eigenvalue weighted by Crippen LogP contribution is -2.13. The van der Waals surface area contributed by atoms with Gasteiger partial charge in [0.15, 0.2) is 0 Å². The van der Waals surface area contributed by atoms with Crippen molar-refractivity contribution in [3.63, 3.8) is 0 Å². The Balaban J connectivity index is 2.43. The lowest BCUT2D eigenvalue weighted by Gasteiger charge is -2.00. The van der Waals surface area contributed by atoms with Gasteiger partial charge in [-0.15, -0.1) is 0 Å². The molecule has 1 amide bonds. The number of amides is 1. The van der Waals surface area contributed by atoms with Crippen molar-refractivity contribution < 1.29 is 4.79 Å². The van der Waals surface area contributed by atoms with Gasteiger partial charge in [0.05, 0.1) is 0 Å². The highest BCUT2D eigenvalue weighted by molar-refractivity contribution is 6.01. The summed E-state index contributed by atoms with van der Waals surface area (Å²) in [5.41, 5.74) is 0. The molecular weight excluding hydrogens is 128 g/mol. The maximum Gasteiger partial charge on any atom is 0.269 e. The van der Waals surface area contributed by atoms with E-state index in [4.69, 9.17) is 0 Å². The second-order valence-electron chi connectivity index (χ2n) is 2.84. The molecule has 1 radical (unpaired) electrons. The van der Waals surface area contributed by atoms with Crippen molar-refractivity contribution in [2.75, 3.05) is 6.54 Å². The van der Waals surface area contributed by atoms with Gasteiger partial charge in [-0.2, -0.15) is 4.99 Å². The normalized spacial score (nSPS) is 17.5. The summed E-state index contributed by atoms with van der Waals surface area (Å²) in [6.45, 7) is 4.43. The molecule has 1 rings (SSSR count). The van der Waals surface area contributed by atoms with Gasteiger partial charge in [0.2, 0.25) is 0 Å². The fourth-order valence-corrected chi connectivity index (χ4v) is 0.849. The molecule has 0 aromatic carbocycles. The molecule has 0 N–H and O–H groups in total. The highest BCUT2D eigenvalue weighted by Crippen LogP contribution is 2.03. The summed E-state index contributed by atoms with van der Waals surface area (Å²) >= 11 is 0. The Morgan fingerprint density at radius 1 is 1.60 bits per heavy atom. The highest BCUT2D eigenvalue weighted by Gasteiger charge is 2.14. The van der Waals surface area contributed by atoms with Crippen LogP contribution >= 0.6 is 0 Å². The van der Waals surface area contributed by atoms with Crippen molar-refractivity contribution in [3.05, 3.63) is 0 Å². The van der Waals surface area contributed by atoms with Crippen LogP contribution in [0, 0.1) is 5.92 Å². The molecule has 0 saturated heterocycles. The van der Waals surface area contributed by atoms with E-state index in [1.54, 1.807) is 0 Å². The fourth-order valence-electron chi connectivity index (χ4n) is 0.849. The predicted molar refractivity (Wildman–Crippen MR) is 38.9 cm³/mol. The number of carbonyl (C=O) groups excluding carboxylic acids is 1. The third kappa shape index (κ3) is 1.83. The standard InChI is InChI=1S/C7H11N2O/c1-5(2)3-6-8-4-7(10)9-6/h5H,3-4H2,1-2H3. The van der Waals surface area contributed by atoms with Gasteiger partial charge in [-0.25, -0.2) is 0 Å². The van der Waals surface area contributed by atoms with E-state index < -0.39 is 0 Å². The maximum atomic E-state index is 10.6. The van der Waals surface area contributed by atoms with Crippen molar-refractivity contribution in [1.82, 2.24) is 5.32 Å². The minimum atomic E-state index is -0.101. The SMILES string of the molecule is CC(C)CC1=NC(=O)C[N]1. The molecule has 0 aromatic heterocycles. The lowest BCUT2D eigenvalue weighted by atomic mass is 10.1. The summed E-state index contributed by atoms with van der Waals surface area (Å²) in [6.07, 6.45) is 0.825. The van der Waals surface area contributed by atoms with Crippen molar-refractivity contribution in [2.24, 2.45) is 10.9 Å². The second-order valence-corrected chi connectivity index (χ2v) is 2.84. The number of hydrogen-bond acceptors (Lipinski definition) is 1. The van der Waals surface area contributed by atoms with E-state index in [0.717, 1.165) is 12.3 Å².